The van der Waals surface area contributed by atoms with Crippen LogP contribution in [0.1, 0.15) is 16.3 Å². The molecule has 0 fully saturated rings. The minimum atomic E-state index is -0.151. The zero-order valence-electron chi connectivity index (χ0n) is 17.4. The maximum absolute atomic E-state index is 13.3. The molecule has 0 unspecified atom stereocenters. The third kappa shape index (κ3) is 4.67. The van der Waals surface area contributed by atoms with E-state index >= 15 is 0 Å². The molecule has 1 aromatic carbocycles. The highest BCUT2D eigenvalue weighted by molar-refractivity contribution is 7.98. The summed E-state index contributed by atoms with van der Waals surface area (Å²) in [6, 6.07) is 11.1. The van der Waals surface area contributed by atoms with E-state index in [1.54, 1.807) is 35.8 Å². The van der Waals surface area contributed by atoms with Crippen molar-refractivity contribution in [1.29, 1.82) is 0 Å². The number of aromatic nitrogens is 4. The number of hydrogen-bond acceptors (Lipinski definition) is 7. The van der Waals surface area contributed by atoms with Gasteiger partial charge in [0, 0.05) is 31.4 Å². The first kappa shape index (κ1) is 21.2. The number of rotatable bonds is 6. The summed E-state index contributed by atoms with van der Waals surface area (Å²) in [7, 11) is 3.47. The highest BCUT2D eigenvalue weighted by Gasteiger charge is 2.16. The Labute approximate surface area is 187 Å². The van der Waals surface area contributed by atoms with Gasteiger partial charge in [-0.25, -0.2) is 19.5 Å². The van der Waals surface area contributed by atoms with Gasteiger partial charge >= 0.3 is 0 Å². The molecule has 158 valence electrons. The molecule has 3 aromatic heterocycles. The summed E-state index contributed by atoms with van der Waals surface area (Å²) in [6.45, 7) is 1.96. The number of hydrogen-bond donors (Lipinski definition) is 0. The Morgan fingerprint density at radius 1 is 1.19 bits per heavy atom. The zero-order valence-corrected chi connectivity index (χ0v) is 19.0. The van der Waals surface area contributed by atoms with Crippen LogP contribution < -0.4 is 5.56 Å². The number of benzene rings is 1. The number of thiazole rings is 1. The number of amides is 1. The largest absolute Gasteiger partial charge is 0.348 e. The number of thioether (sulfide) groups is 1. The molecule has 3 heterocycles. The molecule has 1 amide bonds. The first-order valence-corrected chi connectivity index (χ1v) is 11.5. The molecule has 0 aliphatic rings. The normalized spacial score (nSPS) is 11.1. The van der Waals surface area contributed by atoms with E-state index in [0.29, 0.717) is 27.6 Å². The lowest BCUT2D eigenvalue weighted by Crippen LogP contribution is -2.23. The van der Waals surface area contributed by atoms with Crippen molar-refractivity contribution in [3.63, 3.8) is 0 Å². The molecule has 4 aromatic rings. The average molecular weight is 452 g/mol. The monoisotopic (exact) mass is 451 g/mol. The van der Waals surface area contributed by atoms with Gasteiger partial charge in [0.2, 0.25) is 5.91 Å². The number of carbonyl (C=O) groups is 1. The second-order valence-corrected chi connectivity index (χ2v) is 9.11. The topological polar surface area (TPSA) is 81.0 Å². The molecule has 0 spiro atoms. The molecule has 9 heteroatoms. The van der Waals surface area contributed by atoms with Crippen LogP contribution in [0.4, 0.5) is 0 Å². The van der Waals surface area contributed by atoms with E-state index in [1.807, 2.05) is 42.6 Å². The van der Waals surface area contributed by atoms with Gasteiger partial charge in [-0.05, 0) is 36.8 Å². The van der Waals surface area contributed by atoms with Crippen LogP contribution in [0, 0.1) is 6.92 Å². The Morgan fingerprint density at radius 2 is 2.00 bits per heavy atom. The Bertz CT molecular complexity index is 1310. The minimum Gasteiger partial charge on any atom is -0.348 e. The van der Waals surface area contributed by atoms with Crippen LogP contribution >= 0.6 is 23.1 Å². The predicted octanol–water partition coefficient (Wildman–Crippen LogP) is 3.47. The molecule has 0 aliphatic heterocycles. The second kappa shape index (κ2) is 8.99. The molecule has 0 saturated carbocycles. The average Bonchev–Trinajstić information content (AvgIpc) is 3.19. The quantitative estimate of drug-likeness (QED) is 0.330. The summed E-state index contributed by atoms with van der Waals surface area (Å²) < 4.78 is 1.56. The number of likely N-dealkylation sites (N-methyl/N-ethyl adjacent to an activating group) is 1. The van der Waals surface area contributed by atoms with E-state index in [4.69, 9.17) is 4.98 Å². The van der Waals surface area contributed by atoms with Gasteiger partial charge in [-0.2, -0.15) is 0 Å². The van der Waals surface area contributed by atoms with Crippen molar-refractivity contribution in [3.05, 3.63) is 74.6 Å². The molecule has 4 rings (SSSR count). The smallest absolute Gasteiger partial charge is 0.267 e. The van der Waals surface area contributed by atoms with Crippen molar-refractivity contribution in [2.24, 2.45) is 0 Å². The second-order valence-electron chi connectivity index (χ2n) is 7.23. The van der Waals surface area contributed by atoms with E-state index in [9.17, 15) is 9.59 Å². The first-order chi connectivity index (χ1) is 14.9. The van der Waals surface area contributed by atoms with Gasteiger partial charge in [-0.15, -0.1) is 11.3 Å². The number of carbonyl (C=O) groups excluding carboxylic acids is 1. The third-order valence-electron chi connectivity index (χ3n) is 4.62. The first-order valence-electron chi connectivity index (χ1n) is 9.63. The zero-order chi connectivity index (χ0) is 22.0. The molecule has 0 atom stereocenters. The summed E-state index contributed by atoms with van der Waals surface area (Å²) >= 11 is 2.89. The fourth-order valence-corrected chi connectivity index (χ4v) is 4.76. The lowest BCUT2D eigenvalue weighted by molar-refractivity contribution is -0.127. The predicted molar refractivity (Wildman–Crippen MR) is 124 cm³/mol. The summed E-state index contributed by atoms with van der Waals surface area (Å²) in [5, 5.41) is 3.83. The van der Waals surface area contributed by atoms with Gasteiger partial charge in [0.15, 0.2) is 5.16 Å². The van der Waals surface area contributed by atoms with Crippen LogP contribution in [0.15, 0.2) is 57.9 Å². The van der Waals surface area contributed by atoms with Crippen LogP contribution in [0.2, 0.25) is 0 Å². The number of para-hydroxylation sites is 1. The van der Waals surface area contributed by atoms with Crippen LogP contribution in [-0.4, -0.2) is 44.4 Å². The van der Waals surface area contributed by atoms with Crippen molar-refractivity contribution in [3.8, 4) is 5.82 Å². The van der Waals surface area contributed by atoms with Crippen molar-refractivity contribution in [2.75, 3.05) is 14.1 Å². The van der Waals surface area contributed by atoms with Gasteiger partial charge in [0.05, 0.1) is 23.0 Å². The third-order valence-corrected chi connectivity index (χ3v) is 6.49. The van der Waals surface area contributed by atoms with Gasteiger partial charge < -0.3 is 4.90 Å². The highest BCUT2D eigenvalue weighted by Crippen LogP contribution is 2.25. The van der Waals surface area contributed by atoms with E-state index in [0.717, 1.165) is 16.3 Å². The standard InChI is InChI=1S/C22H21N5O2S2/c1-14-8-9-23-18(10-14)27-21(29)16-6-4-5-7-17(16)25-22(27)31-13-15-12-30-19(24-15)11-20(28)26(2)3/h4-10,12H,11,13H2,1-3H3. The van der Waals surface area contributed by atoms with Crippen LogP contribution in [0.3, 0.4) is 0 Å². The number of pyridine rings is 1. The van der Waals surface area contributed by atoms with E-state index in [-0.39, 0.29) is 17.9 Å². The van der Waals surface area contributed by atoms with Gasteiger partial charge in [0.1, 0.15) is 10.8 Å². The Kier molecular flexibility index (Phi) is 6.15. The van der Waals surface area contributed by atoms with Crippen LogP contribution in [0.5, 0.6) is 0 Å². The van der Waals surface area contributed by atoms with Crippen LogP contribution in [-0.2, 0) is 17.0 Å². The minimum absolute atomic E-state index is 0.0177. The lowest BCUT2D eigenvalue weighted by Gasteiger charge is -2.12. The Morgan fingerprint density at radius 3 is 2.77 bits per heavy atom. The molecule has 0 aliphatic carbocycles. The van der Waals surface area contributed by atoms with Crippen molar-refractivity contribution < 1.29 is 4.79 Å². The van der Waals surface area contributed by atoms with Gasteiger partial charge in [0.25, 0.3) is 5.56 Å². The molecule has 0 saturated heterocycles. The molecule has 0 N–H and O–H groups in total. The maximum atomic E-state index is 13.3. The van der Waals surface area contributed by atoms with Crippen LogP contribution in [0.25, 0.3) is 16.7 Å². The summed E-state index contributed by atoms with van der Waals surface area (Å²) in [5.41, 5.74) is 2.36. The maximum Gasteiger partial charge on any atom is 0.267 e. The fourth-order valence-electron chi connectivity index (χ4n) is 2.98. The summed E-state index contributed by atoms with van der Waals surface area (Å²) in [5.74, 6) is 1.09. The Balaban J connectivity index is 1.67. The molecular formula is C22H21N5O2S2. The SMILES string of the molecule is Cc1ccnc(-n2c(SCc3csc(CC(=O)N(C)C)n3)nc3ccccc3c2=O)c1. The molecule has 0 bridgehead atoms. The van der Waals surface area contributed by atoms with Crippen molar-refractivity contribution in [2.45, 2.75) is 24.3 Å². The Hall–Kier alpha value is -3.04. The van der Waals surface area contributed by atoms with Crippen molar-refractivity contribution in [1.82, 2.24) is 24.4 Å². The van der Waals surface area contributed by atoms with E-state index < -0.39 is 0 Å². The lowest BCUT2D eigenvalue weighted by atomic mass is 10.2. The highest BCUT2D eigenvalue weighted by atomic mass is 32.2. The van der Waals surface area contributed by atoms with Crippen molar-refractivity contribution >= 4 is 39.9 Å². The van der Waals surface area contributed by atoms with Gasteiger partial charge in [-0.1, -0.05) is 23.9 Å². The van der Waals surface area contributed by atoms with E-state index in [2.05, 4.69) is 9.97 Å². The number of fused-ring (bicyclic) bond motifs is 1. The fraction of sp³-hybridized carbons (Fsp3) is 0.227. The van der Waals surface area contributed by atoms with Gasteiger partial charge in [-0.3, -0.25) is 9.59 Å². The summed E-state index contributed by atoms with van der Waals surface area (Å²) in [6.07, 6.45) is 1.98. The molecular weight excluding hydrogens is 430 g/mol. The molecule has 7 nitrogen and oxygen atoms in total. The summed E-state index contributed by atoms with van der Waals surface area (Å²) in [4.78, 5) is 40.5. The number of nitrogens with zero attached hydrogens (tertiary/aromatic N) is 5. The van der Waals surface area contributed by atoms with E-state index in [1.165, 1.54) is 23.1 Å². The molecule has 0 radical (unpaired) electrons. The molecule has 31 heavy (non-hydrogen) atoms. The number of aryl methyl sites for hydroxylation is 1.